The Labute approximate surface area is 203 Å². The molecule has 4 rings (SSSR count). The molecule has 1 saturated heterocycles. The number of likely N-dealkylation sites (tertiary alicyclic amines) is 1. The maximum atomic E-state index is 13.9. The quantitative estimate of drug-likeness (QED) is 0.417. The van der Waals surface area contributed by atoms with Gasteiger partial charge in [0, 0.05) is 28.9 Å². The lowest BCUT2D eigenvalue weighted by atomic mass is 9.84. The van der Waals surface area contributed by atoms with Crippen LogP contribution in [0.3, 0.4) is 0 Å². The van der Waals surface area contributed by atoms with E-state index in [-0.39, 0.29) is 6.03 Å². The minimum absolute atomic E-state index is 0.315. The second kappa shape index (κ2) is 9.90. The van der Waals surface area contributed by atoms with Crippen LogP contribution in [0.5, 0.6) is 0 Å². The van der Waals surface area contributed by atoms with E-state index in [1.165, 1.54) is 6.07 Å². The molecule has 3 N–H and O–H groups in total. The number of carbonyl (C=O) groups excluding carboxylic acids is 2. The molecule has 0 radical (unpaired) electrons. The molecule has 1 heterocycles. The predicted molar refractivity (Wildman–Crippen MR) is 129 cm³/mol. The fourth-order valence-electron chi connectivity index (χ4n) is 3.88. The summed E-state index contributed by atoms with van der Waals surface area (Å²) in [6.45, 7) is 0.737. The van der Waals surface area contributed by atoms with Crippen molar-refractivity contribution < 1.29 is 23.5 Å². The Bertz CT molecular complexity index is 1210. The molecule has 0 unspecified atom stereocenters. The van der Waals surface area contributed by atoms with Crippen LogP contribution in [0.25, 0.3) is 0 Å². The molecule has 0 bridgehead atoms. The summed E-state index contributed by atoms with van der Waals surface area (Å²) in [5, 5.41) is 16.3. The number of piperidine rings is 1. The van der Waals surface area contributed by atoms with Crippen molar-refractivity contribution in [3.05, 3.63) is 94.0 Å². The Balaban J connectivity index is 1.37. The number of hydrogen-bond donors (Lipinski definition) is 3. The number of nitrogens with one attached hydrogen (secondary N) is 2. The average molecular weight is 530 g/mol. The molecule has 3 aromatic rings. The lowest BCUT2D eigenvalue weighted by Gasteiger charge is -2.38. The topological polar surface area (TPSA) is 81.7 Å². The fourth-order valence-corrected chi connectivity index (χ4v) is 4.14. The maximum absolute atomic E-state index is 13.9. The van der Waals surface area contributed by atoms with Gasteiger partial charge in [-0.15, -0.1) is 0 Å². The standard InChI is InChI=1S/C25H22BrF2N3O3/c26-17-6-4-16(5-7-17)25(34)10-12-31(13-11-25)24(33)30-20-3-1-2-19(15-20)29-23(32)21-14-18(27)8-9-22(21)28/h1-9,14-15,34H,10-13H2,(H,29,32)(H,30,33). The van der Waals surface area contributed by atoms with Crippen LogP contribution >= 0.6 is 15.9 Å². The van der Waals surface area contributed by atoms with Crippen molar-refractivity contribution in [3.8, 4) is 0 Å². The van der Waals surface area contributed by atoms with Crippen molar-refractivity contribution >= 4 is 39.2 Å². The number of benzene rings is 3. The fraction of sp³-hybridized carbons (Fsp3) is 0.200. The van der Waals surface area contributed by atoms with Gasteiger partial charge in [0.1, 0.15) is 11.6 Å². The van der Waals surface area contributed by atoms with Crippen LogP contribution in [0, 0.1) is 11.6 Å². The summed E-state index contributed by atoms with van der Waals surface area (Å²) in [4.78, 5) is 26.7. The van der Waals surface area contributed by atoms with Crippen LogP contribution in [0.1, 0.15) is 28.8 Å². The van der Waals surface area contributed by atoms with Gasteiger partial charge in [-0.2, -0.15) is 0 Å². The van der Waals surface area contributed by atoms with E-state index in [2.05, 4.69) is 26.6 Å². The molecule has 0 atom stereocenters. The van der Waals surface area contributed by atoms with E-state index >= 15 is 0 Å². The summed E-state index contributed by atoms with van der Waals surface area (Å²) in [6.07, 6.45) is 0.800. The van der Waals surface area contributed by atoms with Crippen LogP contribution in [-0.2, 0) is 5.60 Å². The number of amides is 3. The molecular formula is C25H22BrF2N3O3. The summed E-state index contributed by atoms with van der Waals surface area (Å²) in [6, 6.07) is 16.2. The molecule has 6 nitrogen and oxygen atoms in total. The highest BCUT2D eigenvalue weighted by Gasteiger charge is 2.35. The smallest absolute Gasteiger partial charge is 0.321 e. The van der Waals surface area contributed by atoms with Crippen molar-refractivity contribution in [2.75, 3.05) is 23.7 Å². The number of anilines is 2. The zero-order valence-corrected chi connectivity index (χ0v) is 19.6. The van der Waals surface area contributed by atoms with Crippen molar-refractivity contribution in [3.63, 3.8) is 0 Å². The lowest BCUT2D eigenvalue weighted by molar-refractivity contribution is -0.0157. The minimum atomic E-state index is -0.992. The molecule has 0 spiro atoms. The first kappa shape index (κ1) is 23.8. The van der Waals surface area contributed by atoms with Gasteiger partial charge in [-0.25, -0.2) is 13.6 Å². The number of hydrogen-bond acceptors (Lipinski definition) is 3. The van der Waals surface area contributed by atoms with Gasteiger partial charge in [-0.1, -0.05) is 34.1 Å². The van der Waals surface area contributed by atoms with Gasteiger partial charge >= 0.3 is 6.03 Å². The third-order valence-corrected chi connectivity index (χ3v) is 6.33. The molecule has 9 heteroatoms. The van der Waals surface area contributed by atoms with Crippen LogP contribution in [0.15, 0.2) is 71.2 Å². The highest BCUT2D eigenvalue weighted by atomic mass is 79.9. The summed E-state index contributed by atoms with van der Waals surface area (Å²) in [7, 11) is 0. The Morgan fingerprint density at radius 3 is 2.24 bits per heavy atom. The SMILES string of the molecule is O=C(Nc1cccc(NC(=O)N2CCC(O)(c3ccc(Br)cc3)CC2)c1)c1cc(F)ccc1F. The van der Waals surface area contributed by atoms with Crippen molar-refractivity contribution in [1.29, 1.82) is 0 Å². The van der Waals surface area contributed by atoms with Gasteiger partial charge in [0.15, 0.2) is 0 Å². The molecule has 1 aliphatic rings. The zero-order valence-electron chi connectivity index (χ0n) is 18.0. The highest BCUT2D eigenvalue weighted by molar-refractivity contribution is 9.10. The Kier molecular flexibility index (Phi) is 6.95. The Morgan fingerprint density at radius 1 is 0.912 bits per heavy atom. The largest absolute Gasteiger partial charge is 0.385 e. The number of rotatable bonds is 4. The van der Waals surface area contributed by atoms with Crippen molar-refractivity contribution in [1.82, 2.24) is 4.90 Å². The Morgan fingerprint density at radius 2 is 1.56 bits per heavy atom. The molecule has 1 aliphatic heterocycles. The third kappa shape index (κ3) is 5.43. The Hall–Kier alpha value is -3.30. The van der Waals surface area contributed by atoms with Gasteiger partial charge in [0.05, 0.1) is 11.2 Å². The molecule has 3 amide bonds. The van der Waals surface area contributed by atoms with E-state index in [4.69, 9.17) is 0 Å². The van der Waals surface area contributed by atoms with E-state index in [1.807, 2.05) is 24.3 Å². The van der Waals surface area contributed by atoms with E-state index in [1.54, 1.807) is 23.1 Å². The summed E-state index contributed by atoms with van der Waals surface area (Å²) < 4.78 is 28.2. The second-order valence-electron chi connectivity index (χ2n) is 8.11. The molecule has 176 valence electrons. The van der Waals surface area contributed by atoms with Gasteiger partial charge in [0.2, 0.25) is 0 Å². The first-order valence-corrected chi connectivity index (χ1v) is 11.4. The van der Waals surface area contributed by atoms with Crippen LogP contribution in [0.2, 0.25) is 0 Å². The van der Waals surface area contributed by atoms with Gasteiger partial charge in [0.25, 0.3) is 5.91 Å². The third-order valence-electron chi connectivity index (χ3n) is 5.80. The first-order chi connectivity index (χ1) is 16.2. The van der Waals surface area contributed by atoms with E-state index in [9.17, 15) is 23.5 Å². The predicted octanol–water partition coefficient (Wildman–Crippen LogP) is 5.50. The number of halogens is 3. The van der Waals surface area contributed by atoms with Crippen LogP contribution in [-0.4, -0.2) is 35.0 Å². The highest BCUT2D eigenvalue weighted by Crippen LogP contribution is 2.33. The molecule has 0 saturated carbocycles. The van der Waals surface area contributed by atoms with Crippen LogP contribution in [0.4, 0.5) is 25.0 Å². The monoisotopic (exact) mass is 529 g/mol. The number of aliphatic hydroxyl groups is 1. The molecule has 3 aromatic carbocycles. The van der Waals surface area contributed by atoms with E-state index < -0.39 is 28.7 Å². The van der Waals surface area contributed by atoms with Gasteiger partial charge in [-0.3, -0.25) is 4.79 Å². The molecule has 0 aliphatic carbocycles. The second-order valence-corrected chi connectivity index (χ2v) is 9.03. The van der Waals surface area contributed by atoms with E-state index in [0.29, 0.717) is 37.3 Å². The zero-order chi connectivity index (χ0) is 24.3. The van der Waals surface area contributed by atoms with Crippen molar-refractivity contribution in [2.45, 2.75) is 18.4 Å². The first-order valence-electron chi connectivity index (χ1n) is 10.6. The van der Waals surface area contributed by atoms with Gasteiger partial charge in [-0.05, 0) is 66.9 Å². The minimum Gasteiger partial charge on any atom is -0.385 e. The normalized spacial score (nSPS) is 15.0. The van der Waals surface area contributed by atoms with Crippen LogP contribution < -0.4 is 10.6 Å². The number of urea groups is 1. The van der Waals surface area contributed by atoms with E-state index in [0.717, 1.165) is 28.2 Å². The maximum Gasteiger partial charge on any atom is 0.321 e. The summed E-state index contributed by atoms with van der Waals surface area (Å²) in [5.74, 6) is -2.36. The number of nitrogens with zero attached hydrogens (tertiary/aromatic N) is 1. The van der Waals surface area contributed by atoms with Crippen molar-refractivity contribution in [2.24, 2.45) is 0 Å². The summed E-state index contributed by atoms with van der Waals surface area (Å²) >= 11 is 3.39. The number of carbonyl (C=O) groups is 2. The lowest BCUT2D eigenvalue weighted by Crippen LogP contribution is -2.46. The molecule has 0 aromatic heterocycles. The summed E-state index contributed by atoms with van der Waals surface area (Å²) in [5.41, 5.74) is 0.148. The molecule has 34 heavy (non-hydrogen) atoms. The average Bonchev–Trinajstić information content (AvgIpc) is 2.81. The van der Waals surface area contributed by atoms with Gasteiger partial charge < -0.3 is 20.6 Å². The molecular weight excluding hydrogens is 508 g/mol. The molecule has 1 fully saturated rings.